The number of hydrogen-bond donors (Lipinski definition) is 0. The van der Waals surface area contributed by atoms with Crippen molar-refractivity contribution in [2.75, 3.05) is 0 Å². The zero-order valence-electron chi connectivity index (χ0n) is 34.0. The van der Waals surface area contributed by atoms with Gasteiger partial charge in [-0.2, -0.15) is 0 Å². The van der Waals surface area contributed by atoms with Crippen LogP contribution in [0.25, 0.3) is 87.6 Å². The van der Waals surface area contributed by atoms with Gasteiger partial charge in [-0.05, 0) is 120 Å². The van der Waals surface area contributed by atoms with E-state index in [1.165, 1.54) is 86.6 Å². The Bertz CT molecular complexity index is 3550. The highest BCUT2D eigenvalue weighted by Gasteiger charge is 2.28. The van der Waals surface area contributed by atoms with Crippen molar-refractivity contribution in [1.82, 2.24) is 0 Å². The Kier molecular flexibility index (Phi) is 7.72. The average Bonchev–Trinajstić information content (AvgIpc) is 3.32. The van der Waals surface area contributed by atoms with E-state index in [2.05, 4.69) is 213 Å². The van der Waals surface area contributed by atoms with Crippen LogP contribution in [0.4, 0.5) is 0 Å². The van der Waals surface area contributed by atoms with Gasteiger partial charge in [0.25, 0.3) is 0 Å². The maximum absolute atomic E-state index is 7.00. The molecule has 3 heteroatoms. The molecule has 0 aromatic heterocycles. The minimum absolute atomic E-state index is 0.881. The standard InChI is InChI=1S/C59H38O2Si/c1-36-26-28-40-42-22-12-24-48-49(30-31-51(58(42)48)60-53(40)34-36)57-46-20-10-8-18-44(46)56(45-19-9-11-21-47(45)57)37-27-29-41-43-23-13-25-50-55(33-32-52(59(43)50)61-54(41)35-37)62(38-14-4-2-5-15-38)39-16-6-3-7-17-39/h2-35,62H,1H3. The van der Waals surface area contributed by atoms with Gasteiger partial charge in [0.05, 0.1) is 0 Å². The Morgan fingerprint density at radius 1 is 0.323 bits per heavy atom. The second-order valence-electron chi connectivity index (χ2n) is 16.7. The molecule has 0 radical (unpaired) electrons. The lowest BCUT2D eigenvalue weighted by Gasteiger charge is -2.26. The first kappa shape index (κ1) is 35.1. The number of aryl methyl sites for hydroxylation is 1. The van der Waals surface area contributed by atoms with Crippen molar-refractivity contribution in [1.29, 1.82) is 0 Å². The van der Waals surface area contributed by atoms with Crippen LogP contribution in [0.2, 0.25) is 0 Å². The fourth-order valence-electron chi connectivity index (χ4n) is 10.6. The van der Waals surface area contributed by atoms with E-state index >= 15 is 0 Å². The van der Waals surface area contributed by atoms with Crippen LogP contribution in [0.5, 0.6) is 23.0 Å². The van der Waals surface area contributed by atoms with Crippen molar-refractivity contribution in [3.8, 4) is 67.5 Å². The number of benzene rings is 11. The molecule has 2 aliphatic rings. The van der Waals surface area contributed by atoms with E-state index in [1.807, 2.05) is 0 Å². The first-order valence-corrected chi connectivity index (χ1v) is 23.2. The predicted molar refractivity (Wildman–Crippen MR) is 262 cm³/mol. The van der Waals surface area contributed by atoms with Crippen LogP contribution in [0, 0.1) is 6.92 Å². The molecule has 0 atom stereocenters. The van der Waals surface area contributed by atoms with Gasteiger partial charge in [0, 0.05) is 21.9 Å². The van der Waals surface area contributed by atoms with Crippen molar-refractivity contribution in [3.05, 3.63) is 212 Å². The summed E-state index contributed by atoms with van der Waals surface area (Å²) >= 11 is 0. The third-order valence-electron chi connectivity index (χ3n) is 13.2. The second kappa shape index (κ2) is 13.7. The van der Waals surface area contributed by atoms with Gasteiger partial charge in [0.1, 0.15) is 31.8 Å². The lowest BCUT2D eigenvalue weighted by atomic mass is 9.83. The summed E-state index contributed by atoms with van der Waals surface area (Å²) in [7, 11) is -1.79. The summed E-state index contributed by atoms with van der Waals surface area (Å²) in [4.78, 5) is 0. The van der Waals surface area contributed by atoms with E-state index < -0.39 is 8.80 Å². The maximum Gasteiger partial charge on any atom is 0.135 e. The molecule has 0 amide bonds. The Labute approximate surface area is 361 Å². The van der Waals surface area contributed by atoms with E-state index in [-0.39, 0.29) is 0 Å². The molecule has 0 fully saturated rings. The Morgan fingerprint density at radius 3 is 1.44 bits per heavy atom. The van der Waals surface area contributed by atoms with Gasteiger partial charge in [0.15, 0.2) is 0 Å². The van der Waals surface area contributed by atoms with Gasteiger partial charge in [-0.1, -0.05) is 180 Å². The van der Waals surface area contributed by atoms with Gasteiger partial charge in [0.2, 0.25) is 0 Å². The number of hydrogen-bond acceptors (Lipinski definition) is 2. The highest BCUT2D eigenvalue weighted by atomic mass is 28.3. The lowest BCUT2D eigenvalue weighted by Crippen LogP contribution is -2.52. The fraction of sp³-hybridized carbons (Fsp3) is 0.0169. The van der Waals surface area contributed by atoms with Crippen molar-refractivity contribution in [2.45, 2.75) is 6.92 Å². The molecule has 0 unspecified atom stereocenters. The summed E-state index contributed by atoms with van der Waals surface area (Å²) in [6, 6.07) is 75.7. The van der Waals surface area contributed by atoms with Crippen LogP contribution >= 0.6 is 0 Å². The SMILES string of the molecule is Cc1ccc2c(c1)Oc1ccc(-c3c4ccccc4c(-c4ccc5c(c4)Oc4ccc([SiH](c6ccccc6)c6ccccc6)c6cccc-5c46)c4ccccc34)c3cccc-2c13. The zero-order chi connectivity index (χ0) is 40.9. The molecular weight excluding hydrogens is 769 g/mol. The summed E-state index contributed by atoms with van der Waals surface area (Å²) in [5.74, 6) is 3.61. The molecule has 0 saturated heterocycles. The smallest absolute Gasteiger partial charge is 0.135 e. The second-order valence-corrected chi connectivity index (χ2v) is 19.6. The molecule has 13 rings (SSSR count). The summed E-state index contributed by atoms with van der Waals surface area (Å²) in [5, 5.41) is 13.9. The van der Waals surface area contributed by atoms with Crippen LogP contribution in [-0.4, -0.2) is 8.80 Å². The van der Waals surface area contributed by atoms with Crippen LogP contribution in [0.3, 0.4) is 0 Å². The highest BCUT2D eigenvalue weighted by molar-refractivity contribution is 6.96. The van der Waals surface area contributed by atoms with E-state index in [4.69, 9.17) is 9.47 Å². The van der Waals surface area contributed by atoms with Crippen LogP contribution in [0.1, 0.15) is 5.56 Å². The molecule has 0 aliphatic carbocycles. The van der Waals surface area contributed by atoms with Crippen LogP contribution < -0.4 is 25.0 Å². The lowest BCUT2D eigenvalue weighted by molar-refractivity contribution is 0.486. The van der Waals surface area contributed by atoms with Gasteiger partial charge >= 0.3 is 0 Å². The maximum atomic E-state index is 7.00. The summed E-state index contributed by atoms with van der Waals surface area (Å²) in [6.45, 7) is 2.11. The molecule has 2 aliphatic heterocycles. The topological polar surface area (TPSA) is 18.5 Å². The molecule has 2 nitrogen and oxygen atoms in total. The summed E-state index contributed by atoms with van der Waals surface area (Å²) in [6.07, 6.45) is 0. The minimum Gasteiger partial charge on any atom is -0.456 e. The minimum atomic E-state index is -1.79. The molecule has 0 bridgehead atoms. The van der Waals surface area contributed by atoms with Gasteiger partial charge in [-0.25, -0.2) is 0 Å². The van der Waals surface area contributed by atoms with Gasteiger partial charge in [-0.15, -0.1) is 0 Å². The third kappa shape index (κ3) is 5.22. The predicted octanol–water partition coefficient (Wildman–Crippen LogP) is 13.7. The highest BCUT2D eigenvalue weighted by Crippen LogP contribution is 2.53. The van der Waals surface area contributed by atoms with Crippen molar-refractivity contribution in [2.24, 2.45) is 0 Å². The Balaban J connectivity index is 0.984. The summed E-state index contributed by atoms with van der Waals surface area (Å²) < 4.78 is 13.6. The fourth-order valence-corrected chi connectivity index (χ4v) is 13.7. The van der Waals surface area contributed by atoms with Crippen molar-refractivity contribution in [3.63, 3.8) is 0 Å². The third-order valence-corrected chi connectivity index (χ3v) is 16.5. The monoisotopic (exact) mass is 806 g/mol. The average molecular weight is 807 g/mol. The van der Waals surface area contributed by atoms with E-state index in [0.29, 0.717) is 0 Å². The largest absolute Gasteiger partial charge is 0.456 e. The molecule has 0 N–H and O–H groups in total. The zero-order valence-corrected chi connectivity index (χ0v) is 35.2. The molecule has 2 heterocycles. The first-order chi connectivity index (χ1) is 30.7. The van der Waals surface area contributed by atoms with E-state index in [0.717, 1.165) is 45.1 Å². The molecule has 11 aromatic carbocycles. The van der Waals surface area contributed by atoms with E-state index in [1.54, 1.807) is 0 Å². The van der Waals surface area contributed by atoms with Crippen molar-refractivity contribution < 1.29 is 9.47 Å². The molecule has 11 aromatic rings. The number of fused-ring (bicyclic) bond motifs is 6. The molecule has 290 valence electrons. The number of ether oxygens (including phenoxy) is 2. The molecule has 0 spiro atoms. The Morgan fingerprint density at radius 2 is 0.806 bits per heavy atom. The van der Waals surface area contributed by atoms with Crippen LogP contribution in [0.15, 0.2) is 206 Å². The van der Waals surface area contributed by atoms with Crippen LogP contribution in [-0.2, 0) is 0 Å². The molecular formula is C59H38O2Si. The van der Waals surface area contributed by atoms with Crippen molar-refractivity contribution >= 4 is 67.4 Å². The quantitative estimate of drug-likeness (QED) is 0.0980. The van der Waals surface area contributed by atoms with Gasteiger partial charge < -0.3 is 9.47 Å². The Hall–Kier alpha value is -7.72. The first-order valence-electron chi connectivity index (χ1n) is 21.4. The normalized spacial score (nSPS) is 12.4. The molecule has 0 saturated carbocycles. The van der Waals surface area contributed by atoms with E-state index in [9.17, 15) is 0 Å². The van der Waals surface area contributed by atoms with Gasteiger partial charge in [-0.3, -0.25) is 0 Å². The number of rotatable bonds is 5. The molecule has 62 heavy (non-hydrogen) atoms. The summed E-state index contributed by atoms with van der Waals surface area (Å²) in [5.41, 5.74) is 10.6.